The van der Waals surface area contributed by atoms with E-state index >= 15 is 0 Å². The van der Waals surface area contributed by atoms with Crippen LogP contribution in [-0.4, -0.2) is 0 Å². The van der Waals surface area contributed by atoms with Crippen molar-refractivity contribution in [1.29, 1.82) is 0 Å². The summed E-state index contributed by atoms with van der Waals surface area (Å²) >= 11 is 0. The van der Waals surface area contributed by atoms with E-state index in [9.17, 15) is 22.0 Å². The molecule has 96 valence electrons. The molecule has 0 heterocycles. The Hall–Kier alpha value is -1.17. The van der Waals surface area contributed by atoms with Gasteiger partial charge in [-0.15, -0.1) is 0 Å². The third-order valence-electron chi connectivity index (χ3n) is 2.95. The van der Waals surface area contributed by atoms with E-state index in [1.54, 1.807) is 0 Å². The minimum absolute atomic E-state index is 0.504. The predicted molar refractivity (Wildman–Crippen MR) is 52.6 cm³/mol. The quantitative estimate of drug-likeness (QED) is 0.489. The van der Waals surface area contributed by atoms with Gasteiger partial charge in [-0.1, -0.05) is 13.8 Å². The molecule has 0 saturated carbocycles. The van der Waals surface area contributed by atoms with Crippen molar-refractivity contribution >= 4 is 0 Å². The third-order valence-corrected chi connectivity index (χ3v) is 2.95. The monoisotopic (exact) mass is 253 g/mol. The molecule has 0 aliphatic rings. The first-order valence-electron chi connectivity index (χ1n) is 4.93. The van der Waals surface area contributed by atoms with Crippen molar-refractivity contribution in [2.75, 3.05) is 0 Å². The Labute approximate surface area is 95.4 Å². The fourth-order valence-electron chi connectivity index (χ4n) is 1.37. The first-order valence-corrected chi connectivity index (χ1v) is 4.93. The summed E-state index contributed by atoms with van der Waals surface area (Å²) in [5.74, 6) is -10.4. The minimum atomic E-state index is -2.18. The van der Waals surface area contributed by atoms with Crippen LogP contribution in [-0.2, 0) is 5.54 Å². The van der Waals surface area contributed by atoms with E-state index in [0.29, 0.717) is 0 Å². The van der Waals surface area contributed by atoms with E-state index < -0.39 is 46.1 Å². The summed E-state index contributed by atoms with van der Waals surface area (Å²) in [7, 11) is 0. The zero-order chi connectivity index (χ0) is 13.5. The summed E-state index contributed by atoms with van der Waals surface area (Å²) in [5, 5.41) is 0. The molecule has 0 radical (unpaired) electrons. The Morgan fingerprint density at radius 2 is 1.12 bits per heavy atom. The average molecular weight is 253 g/mol. The number of rotatable bonds is 2. The van der Waals surface area contributed by atoms with E-state index in [0.717, 1.165) is 0 Å². The molecule has 0 aromatic heterocycles. The SMILES string of the molecule is CC(C)C(C)(N)c1c(F)c(F)c(F)c(F)c1F. The van der Waals surface area contributed by atoms with Gasteiger partial charge in [0.25, 0.3) is 0 Å². The lowest BCUT2D eigenvalue weighted by molar-refractivity contribution is 0.294. The van der Waals surface area contributed by atoms with Gasteiger partial charge in [0, 0.05) is 11.1 Å². The van der Waals surface area contributed by atoms with Crippen molar-refractivity contribution in [2.24, 2.45) is 11.7 Å². The fourth-order valence-corrected chi connectivity index (χ4v) is 1.37. The number of nitrogens with two attached hydrogens (primary N) is 1. The molecule has 1 aromatic rings. The van der Waals surface area contributed by atoms with Crippen LogP contribution in [0.4, 0.5) is 22.0 Å². The van der Waals surface area contributed by atoms with Gasteiger partial charge in [0.15, 0.2) is 23.3 Å². The molecule has 0 aliphatic carbocycles. The summed E-state index contributed by atoms with van der Waals surface area (Å²) in [4.78, 5) is 0. The Morgan fingerprint density at radius 1 is 0.824 bits per heavy atom. The zero-order valence-corrected chi connectivity index (χ0v) is 9.54. The topological polar surface area (TPSA) is 26.0 Å². The molecule has 1 unspecified atom stereocenters. The maximum atomic E-state index is 13.5. The molecule has 1 atom stereocenters. The average Bonchev–Trinajstić information content (AvgIpc) is 2.23. The Balaban J connectivity index is 3.66. The molecule has 0 bridgehead atoms. The summed E-state index contributed by atoms with van der Waals surface area (Å²) < 4.78 is 65.7. The second-order valence-corrected chi connectivity index (χ2v) is 4.38. The van der Waals surface area contributed by atoms with Gasteiger partial charge in [0.1, 0.15) is 0 Å². The maximum Gasteiger partial charge on any atom is 0.200 e. The van der Waals surface area contributed by atoms with Gasteiger partial charge in [-0.2, -0.15) is 0 Å². The maximum absolute atomic E-state index is 13.5. The highest BCUT2D eigenvalue weighted by atomic mass is 19.2. The first kappa shape index (κ1) is 13.9. The molecule has 2 N–H and O–H groups in total. The van der Waals surface area contributed by atoms with Crippen LogP contribution in [0.3, 0.4) is 0 Å². The van der Waals surface area contributed by atoms with Gasteiger partial charge in [0.05, 0.1) is 0 Å². The molecule has 0 fully saturated rings. The van der Waals surface area contributed by atoms with Crippen LogP contribution < -0.4 is 5.73 Å². The van der Waals surface area contributed by atoms with Gasteiger partial charge in [0.2, 0.25) is 5.82 Å². The first-order chi connectivity index (χ1) is 7.62. The van der Waals surface area contributed by atoms with Crippen molar-refractivity contribution < 1.29 is 22.0 Å². The molecule has 1 nitrogen and oxygen atoms in total. The molecule has 17 heavy (non-hydrogen) atoms. The molecule has 6 heteroatoms. The second kappa shape index (κ2) is 4.25. The normalized spacial score (nSPS) is 15.2. The van der Waals surface area contributed by atoms with Crippen LogP contribution in [0.5, 0.6) is 0 Å². The van der Waals surface area contributed by atoms with Crippen LogP contribution in [0.2, 0.25) is 0 Å². The van der Waals surface area contributed by atoms with E-state index in [1.807, 2.05) is 0 Å². The lowest BCUT2D eigenvalue weighted by Gasteiger charge is -2.30. The van der Waals surface area contributed by atoms with Gasteiger partial charge in [-0.3, -0.25) is 0 Å². The number of hydrogen-bond acceptors (Lipinski definition) is 1. The molecule has 0 aliphatic heterocycles. The Kier molecular flexibility index (Phi) is 3.47. The van der Waals surface area contributed by atoms with Gasteiger partial charge >= 0.3 is 0 Å². The van der Waals surface area contributed by atoms with Crippen LogP contribution in [0, 0.1) is 35.0 Å². The van der Waals surface area contributed by atoms with Crippen LogP contribution >= 0.6 is 0 Å². The number of halogens is 5. The molecular formula is C11H12F5N. The lowest BCUT2D eigenvalue weighted by atomic mass is 9.82. The van der Waals surface area contributed by atoms with E-state index in [2.05, 4.69) is 0 Å². The molecule has 0 spiro atoms. The molecule has 0 saturated heterocycles. The van der Waals surface area contributed by atoms with Crippen LogP contribution in [0.25, 0.3) is 0 Å². The largest absolute Gasteiger partial charge is 0.321 e. The number of benzene rings is 1. The lowest BCUT2D eigenvalue weighted by Crippen LogP contribution is -2.41. The molecular weight excluding hydrogens is 241 g/mol. The number of hydrogen-bond donors (Lipinski definition) is 1. The van der Waals surface area contributed by atoms with Crippen molar-refractivity contribution in [3.63, 3.8) is 0 Å². The van der Waals surface area contributed by atoms with Crippen molar-refractivity contribution in [1.82, 2.24) is 0 Å². The van der Waals surface area contributed by atoms with E-state index in [-0.39, 0.29) is 0 Å². The molecule has 1 aromatic carbocycles. The zero-order valence-electron chi connectivity index (χ0n) is 9.54. The van der Waals surface area contributed by atoms with Crippen molar-refractivity contribution in [2.45, 2.75) is 26.3 Å². The van der Waals surface area contributed by atoms with Crippen molar-refractivity contribution in [3.05, 3.63) is 34.6 Å². The van der Waals surface area contributed by atoms with E-state index in [1.165, 1.54) is 20.8 Å². The van der Waals surface area contributed by atoms with Crippen LogP contribution in [0.1, 0.15) is 26.3 Å². The summed E-state index contributed by atoms with van der Waals surface area (Å²) in [6.45, 7) is 4.27. The Bertz CT molecular complexity index is 425. The van der Waals surface area contributed by atoms with Gasteiger partial charge in [-0.05, 0) is 12.8 Å². The standard InChI is InChI=1S/C11H12F5N/c1-4(2)11(3,17)5-6(12)8(14)10(16)9(15)7(5)13/h4H,17H2,1-3H3. The minimum Gasteiger partial charge on any atom is -0.321 e. The molecule has 1 rings (SSSR count). The summed E-state index contributed by atoms with van der Waals surface area (Å²) in [5.41, 5.74) is 3.00. The highest BCUT2D eigenvalue weighted by Crippen LogP contribution is 2.34. The molecule has 0 amide bonds. The highest BCUT2D eigenvalue weighted by Gasteiger charge is 2.37. The highest BCUT2D eigenvalue weighted by molar-refractivity contribution is 5.30. The summed E-state index contributed by atoms with van der Waals surface area (Å²) in [6.07, 6.45) is 0. The van der Waals surface area contributed by atoms with Crippen molar-refractivity contribution in [3.8, 4) is 0 Å². The smallest absolute Gasteiger partial charge is 0.200 e. The third kappa shape index (κ3) is 2.01. The fraction of sp³-hybridized carbons (Fsp3) is 0.455. The van der Waals surface area contributed by atoms with E-state index in [4.69, 9.17) is 5.73 Å². The Morgan fingerprint density at radius 3 is 1.41 bits per heavy atom. The predicted octanol–water partition coefficient (Wildman–Crippen LogP) is 3.21. The summed E-state index contributed by atoms with van der Waals surface area (Å²) in [6, 6.07) is 0. The van der Waals surface area contributed by atoms with Gasteiger partial charge < -0.3 is 5.73 Å². The van der Waals surface area contributed by atoms with Crippen LogP contribution in [0.15, 0.2) is 0 Å². The second-order valence-electron chi connectivity index (χ2n) is 4.38. The van der Waals surface area contributed by atoms with Gasteiger partial charge in [-0.25, -0.2) is 22.0 Å².